The van der Waals surface area contributed by atoms with E-state index in [1.54, 1.807) is 23.0 Å². The lowest BCUT2D eigenvalue weighted by atomic mass is 10.2. The van der Waals surface area contributed by atoms with E-state index in [9.17, 15) is 0 Å². The fourth-order valence-electron chi connectivity index (χ4n) is 1.45. The van der Waals surface area contributed by atoms with Gasteiger partial charge >= 0.3 is 0 Å². The Kier molecular flexibility index (Phi) is 3.61. The van der Waals surface area contributed by atoms with Crippen LogP contribution < -0.4 is 10.5 Å². The van der Waals surface area contributed by atoms with Gasteiger partial charge in [0.05, 0.1) is 0 Å². The Balaban J connectivity index is 2.32. The van der Waals surface area contributed by atoms with Gasteiger partial charge in [0.2, 0.25) is 5.88 Å². The second-order valence-electron chi connectivity index (χ2n) is 3.45. The van der Waals surface area contributed by atoms with Crippen molar-refractivity contribution in [2.75, 3.05) is 0 Å². The summed E-state index contributed by atoms with van der Waals surface area (Å²) in [6.07, 6.45) is 1.56. The molecular formula is C11H13ClN4O. The fraction of sp³-hybridized carbons (Fsp3) is 0.273. The van der Waals surface area contributed by atoms with Crippen LogP contribution >= 0.6 is 11.6 Å². The van der Waals surface area contributed by atoms with Gasteiger partial charge < -0.3 is 10.5 Å². The fourth-order valence-corrected chi connectivity index (χ4v) is 1.61. The number of aromatic nitrogens is 3. The standard InChI is InChI=1S/C11H13ClN4O/c1-2-16-11(7-14-15-16)17-10-5-9(12)4-3-8(10)6-13/h3-5,7H,2,6,13H2,1H3. The van der Waals surface area contributed by atoms with Crippen LogP contribution in [0.25, 0.3) is 0 Å². The molecule has 0 atom stereocenters. The molecule has 2 aromatic rings. The molecule has 0 aliphatic heterocycles. The third-order valence-corrected chi connectivity index (χ3v) is 2.58. The lowest BCUT2D eigenvalue weighted by Gasteiger charge is -2.10. The van der Waals surface area contributed by atoms with Gasteiger partial charge in [0.15, 0.2) is 0 Å². The Bertz CT molecular complexity index is 512. The van der Waals surface area contributed by atoms with Crippen molar-refractivity contribution < 1.29 is 4.74 Å². The second kappa shape index (κ2) is 5.16. The van der Waals surface area contributed by atoms with Crippen LogP contribution in [0.3, 0.4) is 0 Å². The molecule has 5 nitrogen and oxygen atoms in total. The normalized spacial score (nSPS) is 10.5. The van der Waals surface area contributed by atoms with E-state index in [4.69, 9.17) is 22.1 Å². The summed E-state index contributed by atoms with van der Waals surface area (Å²) in [4.78, 5) is 0. The van der Waals surface area contributed by atoms with Crippen molar-refractivity contribution in [3.05, 3.63) is 35.0 Å². The maximum atomic E-state index is 5.93. The first kappa shape index (κ1) is 11.9. The van der Waals surface area contributed by atoms with Crippen molar-refractivity contribution in [3.8, 4) is 11.6 Å². The zero-order chi connectivity index (χ0) is 12.3. The molecular weight excluding hydrogens is 240 g/mol. The Morgan fingerprint density at radius 3 is 3.00 bits per heavy atom. The Morgan fingerprint density at radius 2 is 2.29 bits per heavy atom. The summed E-state index contributed by atoms with van der Waals surface area (Å²) >= 11 is 5.93. The van der Waals surface area contributed by atoms with Crippen LogP contribution in [0.4, 0.5) is 0 Å². The molecule has 2 N–H and O–H groups in total. The van der Waals surface area contributed by atoms with E-state index in [-0.39, 0.29) is 0 Å². The first-order valence-corrected chi connectivity index (χ1v) is 5.67. The zero-order valence-electron chi connectivity index (χ0n) is 9.43. The zero-order valence-corrected chi connectivity index (χ0v) is 10.2. The highest BCUT2D eigenvalue weighted by Crippen LogP contribution is 2.27. The topological polar surface area (TPSA) is 66.0 Å². The van der Waals surface area contributed by atoms with Gasteiger partial charge in [-0.1, -0.05) is 22.9 Å². The van der Waals surface area contributed by atoms with Gasteiger partial charge in [-0.05, 0) is 19.1 Å². The summed E-state index contributed by atoms with van der Waals surface area (Å²) in [6, 6.07) is 5.36. The number of benzene rings is 1. The number of nitrogens with zero attached hydrogens (tertiary/aromatic N) is 3. The van der Waals surface area contributed by atoms with Crippen molar-refractivity contribution in [3.63, 3.8) is 0 Å². The first-order chi connectivity index (χ1) is 8.24. The van der Waals surface area contributed by atoms with Gasteiger partial charge in [-0.2, -0.15) is 0 Å². The van der Waals surface area contributed by atoms with E-state index in [1.807, 2.05) is 13.0 Å². The molecule has 1 aromatic carbocycles. The number of hydrogen-bond acceptors (Lipinski definition) is 4. The molecule has 1 heterocycles. The van der Waals surface area contributed by atoms with Crippen LogP contribution in [0, 0.1) is 0 Å². The minimum atomic E-state index is 0.389. The van der Waals surface area contributed by atoms with Crippen molar-refractivity contribution >= 4 is 11.6 Å². The Morgan fingerprint density at radius 1 is 1.47 bits per heavy atom. The summed E-state index contributed by atoms with van der Waals surface area (Å²) in [5, 5.41) is 8.28. The van der Waals surface area contributed by atoms with E-state index in [0.29, 0.717) is 29.7 Å². The molecule has 0 saturated carbocycles. The molecule has 1 aromatic heterocycles. The molecule has 2 rings (SSSR count). The van der Waals surface area contributed by atoms with E-state index in [0.717, 1.165) is 5.56 Å². The van der Waals surface area contributed by atoms with Crippen LogP contribution in [0.2, 0.25) is 5.02 Å². The smallest absolute Gasteiger partial charge is 0.238 e. The van der Waals surface area contributed by atoms with E-state index in [1.165, 1.54) is 0 Å². The summed E-state index contributed by atoms with van der Waals surface area (Å²) < 4.78 is 7.37. The molecule has 0 radical (unpaired) electrons. The van der Waals surface area contributed by atoms with Gasteiger partial charge in [-0.15, -0.1) is 5.10 Å². The second-order valence-corrected chi connectivity index (χ2v) is 3.88. The average molecular weight is 253 g/mol. The predicted octanol–water partition coefficient (Wildman–Crippen LogP) is 2.20. The SMILES string of the molecule is CCn1nncc1Oc1cc(Cl)ccc1CN. The molecule has 0 aliphatic carbocycles. The number of nitrogens with two attached hydrogens (primary N) is 1. The Labute approximate surface area is 104 Å². The largest absolute Gasteiger partial charge is 0.437 e. The lowest BCUT2D eigenvalue weighted by Crippen LogP contribution is -2.03. The van der Waals surface area contributed by atoms with Gasteiger partial charge in [0.1, 0.15) is 11.9 Å². The van der Waals surface area contributed by atoms with Gasteiger partial charge in [-0.3, -0.25) is 0 Å². The highest BCUT2D eigenvalue weighted by molar-refractivity contribution is 6.30. The maximum Gasteiger partial charge on any atom is 0.238 e. The van der Waals surface area contributed by atoms with Crippen LogP contribution in [0.15, 0.2) is 24.4 Å². The predicted molar refractivity (Wildman–Crippen MR) is 65.1 cm³/mol. The first-order valence-electron chi connectivity index (χ1n) is 5.29. The van der Waals surface area contributed by atoms with Crippen LogP contribution in [-0.4, -0.2) is 15.0 Å². The van der Waals surface area contributed by atoms with Crippen molar-refractivity contribution in [1.29, 1.82) is 0 Å². The molecule has 0 fully saturated rings. The average Bonchev–Trinajstić information content (AvgIpc) is 2.77. The monoisotopic (exact) mass is 252 g/mol. The summed E-state index contributed by atoms with van der Waals surface area (Å²) in [6.45, 7) is 3.04. The third-order valence-electron chi connectivity index (χ3n) is 2.35. The van der Waals surface area contributed by atoms with E-state index < -0.39 is 0 Å². The van der Waals surface area contributed by atoms with Crippen LogP contribution in [0.5, 0.6) is 11.6 Å². The van der Waals surface area contributed by atoms with Crippen molar-refractivity contribution in [2.24, 2.45) is 5.73 Å². The molecule has 0 saturated heterocycles. The van der Waals surface area contributed by atoms with Gasteiger partial charge in [0.25, 0.3) is 0 Å². The van der Waals surface area contributed by atoms with Crippen LogP contribution in [-0.2, 0) is 13.1 Å². The molecule has 0 amide bonds. The van der Waals surface area contributed by atoms with Gasteiger partial charge in [0, 0.05) is 23.7 Å². The Hall–Kier alpha value is -1.59. The van der Waals surface area contributed by atoms with Crippen molar-refractivity contribution in [2.45, 2.75) is 20.0 Å². The number of ether oxygens (including phenoxy) is 1. The molecule has 0 bridgehead atoms. The maximum absolute atomic E-state index is 5.93. The highest BCUT2D eigenvalue weighted by Gasteiger charge is 2.08. The van der Waals surface area contributed by atoms with Crippen molar-refractivity contribution in [1.82, 2.24) is 15.0 Å². The van der Waals surface area contributed by atoms with E-state index >= 15 is 0 Å². The summed E-state index contributed by atoms with van der Waals surface area (Å²) in [7, 11) is 0. The molecule has 6 heteroatoms. The van der Waals surface area contributed by atoms with Gasteiger partial charge in [-0.25, -0.2) is 4.68 Å². The highest BCUT2D eigenvalue weighted by atomic mass is 35.5. The number of aryl methyl sites for hydroxylation is 1. The molecule has 0 unspecified atom stereocenters. The third kappa shape index (κ3) is 2.57. The summed E-state index contributed by atoms with van der Waals surface area (Å²) in [5.41, 5.74) is 6.53. The molecule has 17 heavy (non-hydrogen) atoms. The quantitative estimate of drug-likeness (QED) is 0.906. The number of hydrogen-bond donors (Lipinski definition) is 1. The minimum Gasteiger partial charge on any atom is -0.437 e. The summed E-state index contributed by atoms with van der Waals surface area (Å²) in [5.74, 6) is 1.21. The number of rotatable bonds is 4. The lowest BCUT2D eigenvalue weighted by molar-refractivity contribution is 0.411. The molecule has 90 valence electrons. The number of halogens is 1. The van der Waals surface area contributed by atoms with Crippen LogP contribution in [0.1, 0.15) is 12.5 Å². The van der Waals surface area contributed by atoms with E-state index in [2.05, 4.69) is 10.3 Å². The molecule has 0 spiro atoms. The minimum absolute atomic E-state index is 0.389. The molecule has 0 aliphatic rings.